The Morgan fingerprint density at radius 2 is 1.76 bits per heavy atom. The van der Waals surface area contributed by atoms with Crippen LogP contribution in [0.25, 0.3) is 0 Å². The van der Waals surface area contributed by atoms with Crippen molar-refractivity contribution in [3.8, 4) is 0 Å². The number of hydrogen-bond acceptors (Lipinski definition) is 3. The fourth-order valence-electron chi connectivity index (χ4n) is 4.20. The quantitative estimate of drug-likeness (QED) is 0.811. The van der Waals surface area contributed by atoms with Crippen LogP contribution in [0.15, 0.2) is 0 Å². The summed E-state index contributed by atoms with van der Waals surface area (Å²) in [5, 5.41) is 3.25. The Morgan fingerprint density at radius 3 is 2.29 bits per heavy atom. The highest BCUT2D eigenvalue weighted by molar-refractivity contribution is 7.92. The lowest BCUT2D eigenvalue weighted by molar-refractivity contribution is 0.456. The van der Waals surface area contributed by atoms with Crippen LogP contribution in [-0.4, -0.2) is 32.0 Å². The third-order valence-corrected chi connectivity index (χ3v) is 7.43. The number of hydrogen-bond donors (Lipinski definition) is 1. The van der Waals surface area contributed by atoms with Crippen molar-refractivity contribution in [1.82, 2.24) is 5.32 Å². The van der Waals surface area contributed by atoms with Gasteiger partial charge in [0.15, 0.2) is 9.84 Å². The lowest BCUT2D eigenvalue weighted by atomic mass is 10.0. The summed E-state index contributed by atoms with van der Waals surface area (Å²) in [6, 6.07) is 0.656. The largest absolute Gasteiger partial charge is 0.312 e. The zero-order chi connectivity index (χ0) is 12.2. The van der Waals surface area contributed by atoms with E-state index in [0.717, 1.165) is 23.7 Å². The van der Waals surface area contributed by atoms with Crippen molar-refractivity contribution < 1.29 is 8.42 Å². The molecule has 3 aliphatic carbocycles. The summed E-state index contributed by atoms with van der Waals surface area (Å²) < 4.78 is 23.4. The van der Waals surface area contributed by atoms with Crippen LogP contribution >= 0.6 is 0 Å². The molecule has 0 aliphatic heterocycles. The summed E-state index contributed by atoms with van der Waals surface area (Å²) in [7, 11) is -2.86. The van der Waals surface area contributed by atoms with Gasteiger partial charge < -0.3 is 5.32 Å². The van der Waals surface area contributed by atoms with Gasteiger partial charge >= 0.3 is 0 Å². The van der Waals surface area contributed by atoms with Crippen LogP contribution in [0.3, 0.4) is 0 Å². The zero-order valence-corrected chi connectivity index (χ0v) is 11.5. The molecule has 0 aromatic rings. The molecule has 3 nitrogen and oxygen atoms in total. The molecule has 3 rings (SSSR count). The monoisotopic (exact) mass is 257 g/mol. The van der Waals surface area contributed by atoms with E-state index in [1.54, 1.807) is 13.8 Å². The lowest BCUT2D eigenvalue weighted by Crippen LogP contribution is -2.31. The smallest absolute Gasteiger partial charge is 0.153 e. The maximum atomic E-state index is 11.7. The minimum Gasteiger partial charge on any atom is -0.312 e. The molecule has 3 saturated carbocycles. The van der Waals surface area contributed by atoms with E-state index in [2.05, 4.69) is 5.32 Å². The summed E-state index contributed by atoms with van der Waals surface area (Å²) in [6.07, 6.45) is 4.31. The molecule has 0 aromatic carbocycles. The van der Waals surface area contributed by atoms with Crippen LogP contribution in [0, 0.1) is 23.7 Å². The molecule has 0 saturated heterocycles. The molecule has 2 bridgehead atoms. The number of sulfone groups is 1. The van der Waals surface area contributed by atoms with Crippen LogP contribution in [0.2, 0.25) is 0 Å². The molecule has 4 unspecified atom stereocenters. The van der Waals surface area contributed by atoms with Crippen molar-refractivity contribution in [2.75, 3.05) is 12.3 Å². The molecule has 1 N–H and O–H groups in total. The van der Waals surface area contributed by atoms with Crippen molar-refractivity contribution in [2.24, 2.45) is 23.7 Å². The van der Waals surface area contributed by atoms with Crippen molar-refractivity contribution >= 4 is 9.84 Å². The van der Waals surface area contributed by atoms with Crippen LogP contribution in [0.4, 0.5) is 0 Å². The van der Waals surface area contributed by atoms with E-state index >= 15 is 0 Å². The summed E-state index contributed by atoms with van der Waals surface area (Å²) >= 11 is 0. The molecular formula is C13H23NO2S. The van der Waals surface area contributed by atoms with Crippen molar-refractivity contribution in [3.05, 3.63) is 0 Å². The normalized spacial score (nSPS) is 43.1. The first kappa shape index (κ1) is 12.0. The highest BCUT2D eigenvalue weighted by Crippen LogP contribution is 2.65. The molecule has 0 radical (unpaired) electrons. The Balaban J connectivity index is 1.46. The summed E-state index contributed by atoms with van der Waals surface area (Å²) in [4.78, 5) is 0. The first-order valence-electron chi connectivity index (χ1n) is 6.95. The van der Waals surface area contributed by atoms with Gasteiger partial charge in [-0.15, -0.1) is 0 Å². The minimum atomic E-state index is -2.86. The van der Waals surface area contributed by atoms with E-state index in [1.807, 2.05) is 0 Å². The van der Waals surface area contributed by atoms with Gasteiger partial charge in [-0.3, -0.25) is 0 Å². The fourth-order valence-corrected chi connectivity index (χ4v) is 5.08. The number of rotatable bonds is 5. The van der Waals surface area contributed by atoms with Crippen molar-refractivity contribution in [3.63, 3.8) is 0 Å². The summed E-state index contributed by atoms with van der Waals surface area (Å²) in [6.45, 7) is 4.18. The third-order valence-electron chi connectivity index (χ3n) is 5.22. The maximum Gasteiger partial charge on any atom is 0.153 e. The molecule has 0 aromatic heterocycles. The predicted octanol–water partition coefficient (Wildman–Crippen LogP) is 1.44. The van der Waals surface area contributed by atoms with Gasteiger partial charge in [0, 0.05) is 12.6 Å². The van der Waals surface area contributed by atoms with Gasteiger partial charge in [-0.2, -0.15) is 0 Å². The lowest BCUT2D eigenvalue weighted by Gasteiger charge is -2.11. The van der Waals surface area contributed by atoms with Crippen LogP contribution < -0.4 is 5.32 Å². The SMILES string of the molecule is CC(C)S(=O)(=O)CCNC1C2C3CCC(C3)C12. The molecule has 0 amide bonds. The van der Waals surface area contributed by atoms with Crippen LogP contribution in [-0.2, 0) is 9.84 Å². The Kier molecular flexibility index (Phi) is 2.78. The summed E-state index contributed by atoms with van der Waals surface area (Å²) in [5.41, 5.74) is 0. The maximum absolute atomic E-state index is 11.7. The Labute approximate surface area is 104 Å². The first-order valence-corrected chi connectivity index (χ1v) is 8.67. The van der Waals surface area contributed by atoms with Gasteiger partial charge in [0.05, 0.1) is 11.0 Å². The zero-order valence-electron chi connectivity index (χ0n) is 10.7. The Hall–Kier alpha value is -0.0900. The molecule has 3 aliphatic rings. The molecule has 17 heavy (non-hydrogen) atoms. The fraction of sp³-hybridized carbons (Fsp3) is 1.00. The second kappa shape index (κ2) is 3.95. The molecule has 0 heterocycles. The van der Waals surface area contributed by atoms with Crippen molar-refractivity contribution in [1.29, 1.82) is 0 Å². The minimum absolute atomic E-state index is 0.237. The van der Waals surface area contributed by atoms with Gasteiger partial charge in [-0.1, -0.05) is 0 Å². The van der Waals surface area contributed by atoms with Gasteiger partial charge in [-0.25, -0.2) is 8.42 Å². The van der Waals surface area contributed by atoms with E-state index in [9.17, 15) is 8.42 Å². The molecule has 0 spiro atoms. The Bertz CT molecular complexity index is 388. The van der Waals surface area contributed by atoms with Gasteiger partial charge in [-0.05, 0) is 56.8 Å². The molecule has 4 heteroatoms. The molecule has 98 valence electrons. The van der Waals surface area contributed by atoms with E-state index in [-0.39, 0.29) is 5.25 Å². The van der Waals surface area contributed by atoms with Crippen LogP contribution in [0.1, 0.15) is 33.1 Å². The van der Waals surface area contributed by atoms with E-state index < -0.39 is 9.84 Å². The number of fused-ring (bicyclic) bond motifs is 5. The highest BCUT2D eigenvalue weighted by atomic mass is 32.2. The average Bonchev–Trinajstić information content (AvgIpc) is 2.68. The molecule has 4 atom stereocenters. The third kappa shape index (κ3) is 1.93. The van der Waals surface area contributed by atoms with E-state index in [1.165, 1.54) is 19.3 Å². The van der Waals surface area contributed by atoms with Crippen molar-refractivity contribution in [2.45, 2.75) is 44.4 Å². The second-order valence-electron chi connectivity index (χ2n) is 6.38. The average molecular weight is 257 g/mol. The topological polar surface area (TPSA) is 46.2 Å². The van der Waals surface area contributed by atoms with Gasteiger partial charge in [0.2, 0.25) is 0 Å². The van der Waals surface area contributed by atoms with Crippen LogP contribution in [0.5, 0.6) is 0 Å². The van der Waals surface area contributed by atoms with Gasteiger partial charge in [0.1, 0.15) is 0 Å². The number of nitrogens with one attached hydrogen (secondary N) is 1. The Morgan fingerprint density at radius 1 is 1.18 bits per heavy atom. The summed E-state index contributed by atoms with van der Waals surface area (Å²) in [5.74, 6) is 4.02. The predicted molar refractivity (Wildman–Crippen MR) is 68.5 cm³/mol. The molecular weight excluding hydrogens is 234 g/mol. The second-order valence-corrected chi connectivity index (χ2v) is 9.06. The highest BCUT2D eigenvalue weighted by Gasteiger charge is 2.64. The van der Waals surface area contributed by atoms with Gasteiger partial charge in [0.25, 0.3) is 0 Å². The first-order chi connectivity index (χ1) is 8.00. The molecule has 3 fully saturated rings. The van der Waals surface area contributed by atoms with E-state index in [0.29, 0.717) is 18.3 Å². The standard InChI is InChI=1S/C13H23NO2S/c1-8(2)17(15,16)6-5-14-13-11-9-3-4-10(7-9)12(11)13/h8-14H,3-7H2,1-2H3. The van der Waals surface area contributed by atoms with E-state index in [4.69, 9.17) is 0 Å².